The minimum Gasteiger partial charge on any atom is -0.322 e. The van der Waals surface area contributed by atoms with Crippen molar-refractivity contribution in [3.8, 4) is 0 Å². The summed E-state index contributed by atoms with van der Waals surface area (Å²) in [7, 11) is -3.38. The molecule has 0 radical (unpaired) electrons. The predicted octanol–water partition coefficient (Wildman–Crippen LogP) is 5.19. The van der Waals surface area contributed by atoms with Crippen LogP contribution in [0.4, 0.5) is 5.69 Å². The monoisotopic (exact) mass is 619 g/mol. The lowest BCUT2D eigenvalue weighted by atomic mass is 10.1. The van der Waals surface area contributed by atoms with Crippen molar-refractivity contribution in [2.75, 3.05) is 37.8 Å². The first-order valence-corrected chi connectivity index (χ1v) is 14.7. The Labute approximate surface area is 223 Å². The molecule has 1 amide bonds. The third-order valence-corrected chi connectivity index (χ3v) is 8.59. The highest BCUT2D eigenvalue weighted by atomic mass is 79.9. The van der Waals surface area contributed by atoms with Gasteiger partial charge in [0.15, 0.2) is 9.84 Å². The van der Waals surface area contributed by atoms with Crippen LogP contribution in [0.15, 0.2) is 80.6 Å². The number of carbonyl (C=O) groups is 1. The number of carbonyl (C=O) groups excluding carboxylic acids is 1. The molecule has 0 aromatic heterocycles. The highest BCUT2D eigenvalue weighted by Crippen LogP contribution is 2.26. The molecular weight excluding hydrogens is 594 g/mol. The smallest absolute Gasteiger partial charge is 0.255 e. The van der Waals surface area contributed by atoms with Gasteiger partial charge in [-0.2, -0.15) is 0 Å². The van der Waals surface area contributed by atoms with Crippen molar-refractivity contribution in [2.24, 2.45) is 0 Å². The molecule has 4 rings (SSSR count). The van der Waals surface area contributed by atoms with Crippen LogP contribution in [-0.2, 0) is 22.9 Å². The maximum Gasteiger partial charge on any atom is 0.255 e. The van der Waals surface area contributed by atoms with E-state index < -0.39 is 9.84 Å². The highest BCUT2D eigenvalue weighted by Gasteiger charge is 2.20. The summed E-state index contributed by atoms with van der Waals surface area (Å²) in [6, 6.07) is 20.9. The molecule has 1 heterocycles. The van der Waals surface area contributed by atoms with Crippen molar-refractivity contribution < 1.29 is 13.2 Å². The number of halogens is 2. The zero-order valence-electron chi connectivity index (χ0n) is 19.4. The molecule has 0 aliphatic carbocycles. The van der Waals surface area contributed by atoms with Crippen LogP contribution in [0.1, 0.15) is 21.5 Å². The van der Waals surface area contributed by atoms with Gasteiger partial charge in [0.1, 0.15) is 0 Å². The van der Waals surface area contributed by atoms with Crippen molar-refractivity contribution in [1.82, 2.24) is 9.80 Å². The number of hydrogen-bond donors (Lipinski definition) is 1. The van der Waals surface area contributed by atoms with E-state index in [2.05, 4.69) is 71.2 Å². The SMILES string of the molecule is CS(=O)(=O)c1ccc(C(=O)Nc2cc(Br)ccc2CN2CCN(Cc3ccccc3)CC2)cc1Br. The van der Waals surface area contributed by atoms with Crippen LogP contribution < -0.4 is 5.32 Å². The fraction of sp³-hybridized carbons (Fsp3) is 0.269. The number of sulfone groups is 1. The van der Waals surface area contributed by atoms with Crippen molar-refractivity contribution in [1.29, 1.82) is 0 Å². The Morgan fingerprint density at radius 2 is 1.54 bits per heavy atom. The van der Waals surface area contributed by atoms with Crippen molar-refractivity contribution >= 4 is 53.3 Å². The Kier molecular flexibility index (Phi) is 8.44. The van der Waals surface area contributed by atoms with E-state index in [0.717, 1.165) is 61.2 Å². The summed E-state index contributed by atoms with van der Waals surface area (Å²) in [6.45, 7) is 5.59. The van der Waals surface area contributed by atoms with Crippen molar-refractivity contribution in [3.63, 3.8) is 0 Å². The first kappa shape index (κ1) is 26.0. The van der Waals surface area contributed by atoms with Gasteiger partial charge in [0.05, 0.1) is 4.90 Å². The van der Waals surface area contributed by atoms with Gasteiger partial charge in [0, 0.05) is 65.7 Å². The summed E-state index contributed by atoms with van der Waals surface area (Å²) in [5.74, 6) is -0.294. The molecule has 1 N–H and O–H groups in total. The van der Waals surface area contributed by atoms with Gasteiger partial charge in [-0.05, 0) is 57.4 Å². The Morgan fingerprint density at radius 3 is 2.17 bits per heavy atom. The van der Waals surface area contributed by atoms with E-state index in [-0.39, 0.29) is 10.8 Å². The minimum absolute atomic E-state index is 0.156. The number of benzene rings is 3. The molecule has 3 aromatic carbocycles. The van der Waals surface area contributed by atoms with E-state index in [1.165, 1.54) is 23.8 Å². The molecule has 1 aliphatic heterocycles. The van der Waals surface area contributed by atoms with E-state index in [9.17, 15) is 13.2 Å². The van der Waals surface area contributed by atoms with Gasteiger partial charge in [0.25, 0.3) is 5.91 Å². The second kappa shape index (κ2) is 11.3. The minimum atomic E-state index is -3.38. The van der Waals surface area contributed by atoms with Gasteiger partial charge < -0.3 is 5.32 Å². The molecule has 6 nitrogen and oxygen atoms in total. The number of rotatable bonds is 7. The van der Waals surface area contributed by atoms with Crippen LogP contribution >= 0.6 is 31.9 Å². The second-order valence-electron chi connectivity index (χ2n) is 8.71. The molecular formula is C26H27Br2N3O3S. The second-order valence-corrected chi connectivity index (χ2v) is 12.5. The fourth-order valence-electron chi connectivity index (χ4n) is 4.13. The van der Waals surface area contributed by atoms with Gasteiger partial charge in [-0.25, -0.2) is 8.42 Å². The quantitative estimate of drug-likeness (QED) is 0.394. The first-order valence-electron chi connectivity index (χ1n) is 11.3. The molecule has 184 valence electrons. The van der Waals surface area contributed by atoms with Crippen LogP contribution in [0.25, 0.3) is 0 Å². The molecule has 0 atom stereocenters. The third kappa shape index (κ3) is 7.01. The molecule has 0 unspecified atom stereocenters. The number of nitrogens with one attached hydrogen (secondary N) is 1. The molecule has 0 spiro atoms. The Morgan fingerprint density at radius 1 is 0.886 bits per heavy atom. The van der Waals surface area contributed by atoms with Crippen LogP contribution in [0.2, 0.25) is 0 Å². The number of anilines is 1. The van der Waals surface area contributed by atoms with E-state index in [1.807, 2.05) is 24.3 Å². The van der Waals surface area contributed by atoms with Gasteiger partial charge in [-0.3, -0.25) is 14.6 Å². The fourth-order valence-corrected chi connectivity index (χ4v) is 6.48. The summed E-state index contributed by atoms with van der Waals surface area (Å²) in [5.41, 5.74) is 3.48. The number of piperazine rings is 1. The van der Waals surface area contributed by atoms with Gasteiger partial charge in [-0.1, -0.05) is 52.3 Å². The lowest BCUT2D eigenvalue weighted by Crippen LogP contribution is -2.45. The summed E-state index contributed by atoms with van der Waals surface area (Å²) in [5, 5.41) is 3.01. The lowest BCUT2D eigenvalue weighted by Gasteiger charge is -2.35. The Hall–Kier alpha value is -2.04. The maximum absolute atomic E-state index is 13.0. The largest absolute Gasteiger partial charge is 0.322 e. The van der Waals surface area contributed by atoms with Gasteiger partial charge in [-0.15, -0.1) is 0 Å². The Bertz CT molecular complexity index is 1310. The normalized spacial score (nSPS) is 15.2. The lowest BCUT2D eigenvalue weighted by molar-refractivity contribution is 0.102. The predicted molar refractivity (Wildman–Crippen MR) is 146 cm³/mol. The molecule has 3 aromatic rings. The third-order valence-electron chi connectivity index (χ3n) is 6.02. The first-order chi connectivity index (χ1) is 16.7. The summed E-state index contributed by atoms with van der Waals surface area (Å²) in [6.07, 6.45) is 1.14. The zero-order valence-corrected chi connectivity index (χ0v) is 23.4. The van der Waals surface area contributed by atoms with Crippen molar-refractivity contribution in [3.05, 3.63) is 92.4 Å². The summed E-state index contributed by atoms with van der Waals surface area (Å²) < 4.78 is 25.0. The van der Waals surface area contributed by atoms with Gasteiger partial charge >= 0.3 is 0 Å². The number of amides is 1. The van der Waals surface area contributed by atoms with Crippen LogP contribution in [0.5, 0.6) is 0 Å². The molecule has 1 fully saturated rings. The average Bonchev–Trinajstić information content (AvgIpc) is 2.82. The number of nitrogens with zero attached hydrogens (tertiary/aromatic N) is 2. The topological polar surface area (TPSA) is 69.7 Å². The molecule has 35 heavy (non-hydrogen) atoms. The molecule has 0 saturated carbocycles. The average molecular weight is 621 g/mol. The maximum atomic E-state index is 13.0. The molecule has 1 saturated heterocycles. The number of hydrogen-bond acceptors (Lipinski definition) is 5. The molecule has 9 heteroatoms. The highest BCUT2D eigenvalue weighted by molar-refractivity contribution is 9.10. The van der Waals surface area contributed by atoms with Gasteiger partial charge in [0.2, 0.25) is 0 Å². The standard InChI is InChI=1S/C26H27Br2N3O3S/c1-35(33,34)25-10-8-20(15-23(25)28)26(32)29-24-16-22(27)9-7-21(24)18-31-13-11-30(12-14-31)17-19-5-3-2-4-6-19/h2-10,15-16H,11-14,17-18H2,1H3,(H,29,32). The van der Waals surface area contributed by atoms with E-state index in [1.54, 1.807) is 0 Å². The van der Waals surface area contributed by atoms with Crippen LogP contribution in [-0.4, -0.2) is 56.6 Å². The summed E-state index contributed by atoms with van der Waals surface area (Å²) in [4.78, 5) is 18.0. The van der Waals surface area contributed by atoms with E-state index in [4.69, 9.17) is 0 Å². The summed E-state index contributed by atoms with van der Waals surface area (Å²) >= 11 is 6.78. The molecule has 1 aliphatic rings. The van der Waals surface area contributed by atoms with Crippen LogP contribution in [0, 0.1) is 0 Å². The van der Waals surface area contributed by atoms with E-state index >= 15 is 0 Å². The van der Waals surface area contributed by atoms with Crippen molar-refractivity contribution in [2.45, 2.75) is 18.0 Å². The molecule has 0 bridgehead atoms. The zero-order chi connectivity index (χ0) is 25.0. The Balaban J connectivity index is 1.41. The van der Waals surface area contributed by atoms with E-state index in [0.29, 0.717) is 10.0 Å². The van der Waals surface area contributed by atoms with Crippen LogP contribution in [0.3, 0.4) is 0 Å².